The first kappa shape index (κ1) is 20.4. The van der Waals surface area contributed by atoms with Crippen molar-refractivity contribution in [3.8, 4) is 0 Å². The second-order valence-electron chi connectivity index (χ2n) is 7.39. The van der Waals surface area contributed by atoms with Crippen LogP contribution in [0.25, 0.3) is 0 Å². The van der Waals surface area contributed by atoms with Gasteiger partial charge in [0.15, 0.2) is 0 Å². The van der Waals surface area contributed by atoms with Crippen LogP contribution in [0.2, 0.25) is 0 Å². The van der Waals surface area contributed by atoms with Crippen molar-refractivity contribution in [2.24, 2.45) is 0 Å². The zero-order valence-corrected chi connectivity index (χ0v) is 16.5. The second kappa shape index (κ2) is 7.27. The molecule has 0 aromatic heterocycles. The van der Waals surface area contributed by atoms with Crippen molar-refractivity contribution >= 4 is 23.5 Å². The second-order valence-corrected chi connectivity index (χ2v) is 7.39. The molecular weight excluding hydrogens is 380 g/mol. The van der Waals surface area contributed by atoms with Crippen molar-refractivity contribution in [2.75, 3.05) is 11.9 Å². The summed E-state index contributed by atoms with van der Waals surface area (Å²) in [5.74, 6) is -2.99. The molecule has 2 aromatic rings. The first-order valence-electron chi connectivity index (χ1n) is 9.00. The molecule has 8 heteroatoms. The van der Waals surface area contributed by atoms with Crippen LogP contribution in [-0.2, 0) is 15.1 Å². The third kappa shape index (κ3) is 3.70. The Morgan fingerprint density at radius 3 is 2.34 bits per heavy atom. The number of halogens is 2. The van der Waals surface area contributed by atoms with Gasteiger partial charge in [0.05, 0.1) is 0 Å². The van der Waals surface area contributed by atoms with E-state index < -0.39 is 41.6 Å². The van der Waals surface area contributed by atoms with E-state index in [1.165, 1.54) is 6.92 Å². The van der Waals surface area contributed by atoms with Gasteiger partial charge in [-0.05, 0) is 57.0 Å². The minimum absolute atomic E-state index is 0.302. The molecule has 0 radical (unpaired) electrons. The molecule has 0 saturated carbocycles. The average Bonchev–Trinajstić information content (AvgIpc) is 2.84. The molecule has 1 saturated heterocycles. The van der Waals surface area contributed by atoms with E-state index in [0.717, 1.165) is 34.9 Å². The van der Waals surface area contributed by atoms with E-state index in [9.17, 15) is 23.2 Å². The van der Waals surface area contributed by atoms with E-state index in [2.05, 4.69) is 10.6 Å². The lowest BCUT2D eigenvalue weighted by molar-refractivity contribution is -0.133. The molecule has 1 atom stereocenters. The molecule has 0 aliphatic carbocycles. The normalized spacial score (nSPS) is 18.8. The van der Waals surface area contributed by atoms with Gasteiger partial charge in [0.25, 0.3) is 5.91 Å². The maximum Gasteiger partial charge on any atom is 0.325 e. The van der Waals surface area contributed by atoms with Gasteiger partial charge in [0.2, 0.25) is 5.91 Å². The molecule has 0 spiro atoms. The topological polar surface area (TPSA) is 78.5 Å². The first-order valence-corrected chi connectivity index (χ1v) is 9.00. The summed E-state index contributed by atoms with van der Waals surface area (Å²) in [6.07, 6.45) is 0. The zero-order chi connectivity index (χ0) is 21.5. The van der Waals surface area contributed by atoms with Crippen LogP contribution < -0.4 is 10.6 Å². The average molecular weight is 401 g/mol. The number of amides is 4. The molecule has 0 bridgehead atoms. The Morgan fingerprint density at radius 1 is 1.10 bits per heavy atom. The molecule has 1 fully saturated rings. The van der Waals surface area contributed by atoms with E-state index >= 15 is 0 Å². The fourth-order valence-corrected chi connectivity index (χ4v) is 3.60. The Kier molecular flexibility index (Phi) is 5.13. The maximum absolute atomic E-state index is 14.2. The molecule has 6 nitrogen and oxygen atoms in total. The van der Waals surface area contributed by atoms with Gasteiger partial charge in [-0.25, -0.2) is 13.6 Å². The fourth-order valence-electron chi connectivity index (χ4n) is 3.60. The molecule has 4 amide bonds. The van der Waals surface area contributed by atoms with Crippen molar-refractivity contribution in [2.45, 2.75) is 33.2 Å². The number of nitrogens with zero attached hydrogens (tertiary/aromatic N) is 1. The van der Waals surface area contributed by atoms with E-state index in [-0.39, 0.29) is 5.56 Å². The highest BCUT2D eigenvalue weighted by Crippen LogP contribution is 2.31. The van der Waals surface area contributed by atoms with Crippen LogP contribution in [0.5, 0.6) is 0 Å². The van der Waals surface area contributed by atoms with Crippen LogP contribution in [0.3, 0.4) is 0 Å². The largest absolute Gasteiger partial charge is 0.325 e. The van der Waals surface area contributed by atoms with Crippen molar-refractivity contribution < 1.29 is 23.2 Å². The summed E-state index contributed by atoms with van der Waals surface area (Å²) in [5.41, 5.74) is 1.23. The lowest BCUT2D eigenvalue weighted by Gasteiger charge is -2.23. The number of hydrogen-bond acceptors (Lipinski definition) is 3. The molecule has 1 heterocycles. The molecule has 1 unspecified atom stereocenters. The minimum Gasteiger partial charge on any atom is -0.324 e. The van der Waals surface area contributed by atoms with Crippen molar-refractivity contribution in [3.05, 3.63) is 64.2 Å². The summed E-state index contributed by atoms with van der Waals surface area (Å²) < 4.78 is 27.8. The molecule has 29 heavy (non-hydrogen) atoms. The van der Waals surface area contributed by atoms with Gasteiger partial charge in [-0.2, -0.15) is 0 Å². The molecule has 2 N–H and O–H groups in total. The van der Waals surface area contributed by atoms with Crippen molar-refractivity contribution in [1.29, 1.82) is 0 Å². The minimum atomic E-state index is -1.81. The number of urea groups is 1. The molecular formula is C21H21F2N3O3. The summed E-state index contributed by atoms with van der Waals surface area (Å²) in [6.45, 7) is 6.34. The van der Waals surface area contributed by atoms with Crippen LogP contribution >= 0.6 is 0 Å². The summed E-state index contributed by atoms with van der Waals surface area (Å²) >= 11 is 0. The standard InChI is InChI=1S/C21H21F2N3O3/c1-11-7-12(2)18(13(3)8-11)24-17(27)10-26-19(28)21(4,25-20(26)29)15-9-14(22)5-6-16(15)23/h5-9H,10H2,1-4H3,(H,24,27)(H,25,29). The van der Waals surface area contributed by atoms with Crippen molar-refractivity contribution in [1.82, 2.24) is 10.2 Å². The summed E-state index contributed by atoms with van der Waals surface area (Å²) in [5, 5.41) is 5.08. The van der Waals surface area contributed by atoms with Crippen molar-refractivity contribution in [3.63, 3.8) is 0 Å². The maximum atomic E-state index is 14.2. The Labute approximate surface area is 166 Å². The smallest absolute Gasteiger partial charge is 0.324 e. The highest BCUT2D eigenvalue weighted by atomic mass is 19.1. The van der Waals surface area contributed by atoms with Crippen LogP contribution in [-0.4, -0.2) is 29.3 Å². The molecule has 1 aliphatic rings. The van der Waals surface area contributed by atoms with Gasteiger partial charge in [-0.15, -0.1) is 0 Å². The number of benzene rings is 2. The lowest BCUT2D eigenvalue weighted by atomic mass is 9.91. The summed E-state index contributed by atoms with van der Waals surface area (Å²) in [4.78, 5) is 38.4. The first-order chi connectivity index (χ1) is 13.5. The van der Waals surface area contributed by atoms with E-state index in [0.29, 0.717) is 10.6 Å². The predicted molar refractivity (Wildman–Crippen MR) is 103 cm³/mol. The predicted octanol–water partition coefficient (Wildman–Crippen LogP) is 3.30. The van der Waals surface area contributed by atoms with E-state index in [1.54, 1.807) is 0 Å². The molecule has 2 aromatic carbocycles. The zero-order valence-electron chi connectivity index (χ0n) is 16.5. The number of aryl methyl sites for hydroxylation is 3. The number of anilines is 1. The quantitative estimate of drug-likeness (QED) is 0.772. The number of rotatable bonds is 4. The van der Waals surface area contributed by atoms with Gasteiger partial charge in [0, 0.05) is 11.3 Å². The molecule has 3 rings (SSSR count). The molecule has 1 aliphatic heterocycles. The SMILES string of the molecule is Cc1cc(C)c(NC(=O)CN2C(=O)NC(C)(c3cc(F)ccc3F)C2=O)c(C)c1. The van der Waals surface area contributed by atoms with Crippen LogP contribution in [0.15, 0.2) is 30.3 Å². The number of hydrogen-bond donors (Lipinski definition) is 2. The highest BCUT2D eigenvalue weighted by Gasteiger charge is 2.50. The Bertz CT molecular complexity index is 1010. The number of carbonyl (C=O) groups is 3. The Hall–Kier alpha value is -3.29. The van der Waals surface area contributed by atoms with E-state index in [1.807, 2.05) is 32.9 Å². The van der Waals surface area contributed by atoms with Gasteiger partial charge >= 0.3 is 6.03 Å². The van der Waals surface area contributed by atoms with Crippen LogP contribution in [0.1, 0.15) is 29.2 Å². The van der Waals surface area contributed by atoms with Gasteiger partial charge < -0.3 is 10.6 Å². The van der Waals surface area contributed by atoms with Crippen LogP contribution in [0, 0.1) is 32.4 Å². The summed E-state index contributed by atoms with van der Waals surface area (Å²) in [7, 11) is 0. The third-order valence-electron chi connectivity index (χ3n) is 4.99. The highest BCUT2D eigenvalue weighted by molar-refractivity contribution is 6.10. The van der Waals surface area contributed by atoms with Gasteiger partial charge in [0.1, 0.15) is 23.7 Å². The monoisotopic (exact) mass is 401 g/mol. The van der Waals surface area contributed by atoms with Gasteiger partial charge in [-0.3, -0.25) is 14.5 Å². The van der Waals surface area contributed by atoms with E-state index in [4.69, 9.17) is 0 Å². The Balaban J connectivity index is 1.82. The van der Waals surface area contributed by atoms with Crippen LogP contribution in [0.4, 0.5) is 19.3 Å². The number of imide groups is 1. The fraction of sp³-hybridized carbons (Fsp3) is 0.286. The number of carbonyl (C=O) groups excluding carboxylic acids is 3. The lowest BCUT2D eigenvalue weighted by Crippen LogP contribution is -2.42. The third-order valence-corrected chi connectivity index (χ3v) is 4.99. The Morgan fingerprint density at radius 2 is 1.72 bits per heavy atom. The number of nitrogens with one attached hydrogen (secondary N) is 2. The van der Waals surface area contributed by atoms with Gasteiger partial charge in [-0.1, -0.05) is 17.7 Å². The summed E-state index contributed by atoms with van der Waals surface area (Å²) in [6, 6.07) is 5.61. The molecule has 152 valence electrons.